The SMILES string of the molecule is Cc1cccc(-c2cnc(CNC(C)C)o2)c1Cl. The number of nitrogens with zero attached hydrogens (tertiary/aromatic N) is 1. The molecule has 4 heteroatoms. The van der Waals surface area contributed by atoms with E-state index in [2.05, 4.69) is 24.1 Å². The smallest absolute Gasteiger partial charge is 0.208 e. The van der Waals surface area contributed by atoms with Gasteiger partial charge in [-0.05, 0) is 18.6 Å². The maximum absolute atomic E-state index is 6.26. The van der Waals surface area contributed by atoms with E-state index in [9.17, 15) is 0 Å². The van der Waals surface area contributed by atoms with E-state index in [0.717, 1.165) is 16.1 Å². The van der Waals surface area contributed by atoms with Crippen LogP contribution in [0.15, 0.2) is 28.8 Å². The van der Waals surface area contributed by atoms with Crippen LogP contribution in [0.1, 0.15) is 25.3 Å². The van der Waals surface area contributed by atoms with E-state index in [1.165, 1.54) is 0 Å². The highest BCUT2D eigenvalue weighted by Crippen LogP contribution is 2.30. The monoisotopic (exact) mass is 264 g/mol. The molecule has 18 heavy (non-hydrogen) atoms. The van der Waals surface area contributed by atoms with E-state index in [4.69, 9.17) is 16.0 Å². The van der Waals surface area contributed by atoms with Gasteiger partial charge in [-0.2, -0.15) is 0 Å². The van der Waals surface area contributed by atoms with Gasteiger partial charge in [-0.1, -0.05) is 37.6 Å². The van der Waals surface area contributed by atoms with E-state index in [-0.39, 0.29) is 0 Å². The van der Waals surface area contributed by atoms with Crippen molar-refractivity contribution in [2.24, 2.45) is 0 Å². The molecule has 2 rings (SSSR count). The van der Waals surface area contributed by atoms with Gasteiger partial charge in [-0.25, -0.2) is 4.98 Å². The van der Waals surface area contributed by atoms with Gasteiger partial charge in [0, 0.05) is 11.6 Å². The van der Waals surface area contributed by atoms with Crippen LogP contribution in [0.2, 0.25) is 5.02 Å². The average Bonchev–Trinajstić information content (AvgIpc) is 2.78. The molecule has 1 aromatic heterocycles. The minimum absolute atomic E-state index is 0.405. The first-order valence-electron chi connectivity index (χ1n) is 6.01. The van der Waals surface area contributed by atoms with Crippen molar-refractivity contribution in [2.45, 2.75) is 33.4 Å². The fourth-order valence-electron chi connectivity index (χ4n) is 1.65. The van der Waals surface area contributed by atoms with Crippen LogP contribution in [0, 0.1) is 6.92 Å². The summed E-state index contributed by atoms with van der Waals surface area (Å²) in [5.41, 5.74) is 1.92. The molecule has 1 aromatic carbocycles. The van der Waals surface area contributed by atoms with Crippen LogP contribution < -0.4 is 5.32 Å². The lowest BCUT2D eigenvalue weighted by Crippen LogP contribution is -2.21. The summed E-state index contributed by atoms with van der Waals surface area (Å²) < 4.78 is 5.70. The van der Waals surface area contributed by atoms with Crippen LogP contribution in [-0.4, -0.2) is 11.0 Å². The maximum atomic E-state index is 6.26. The Kier molecular flexibility index (Phi) is 4.04. The van der Waals surface area contributed by atoms with Crippen LogP contribution >= 0.6 is 11.6 Å². The van der Waals surface area contributed by atoms with Gasteiger partial charge >= 0.3 is 0 Å². The standard InChI is InChI=1S/C14H17ClN2O/c1-9(2)16-8-13-17-7-12(18-13)11-6-4-5-10(3)14(11)15/h4-7,9,16H,8H2,1-3H3. The lowest BCUT2D eigenvalue weighted by Gasteiger charge is -2.05. The third-order valence-corrected chi connectivity index (χ3v) is 3.17. The van der Waals surface area contributed by atoms with Gasteiger partial charge in [-0.15, -0.1) is 0 Å². The minimum atomic E-state index is 0.405. The summed E-state index contributed by atoms with van der Waals surface area (Å²) >= 11 is 6.26. The van der Waals surface area contributed by atoms with Crippen molar-refractivity contribution in [1.29, 1.82) is 0 Å². The van der Waals surface area contributed by atoms with Crippen molar-refractivity contribution in [3.8, 4) is 11.3 Å². The third-order valence-electron chi connectivity index (χ3n) is 2.67. The molecule has 96 valence electrons. The maximum Gasteiger partial charge on any atom is 0.208 e. The summed E-state index contributed by atoms with van der Waals surface area (Å²) in [6.07, 6.45) is 1.72. The first kappa shape index (κ1) is 13.1. The number of rotatable bonds is 4. The molecule has 0 amide bonds. The van der Waals surface area contributed by atoms with Crippen LogP contribution in [-0.2, 0) is 6.54 Å². The van der Waals surface area contributed by atoms with Gasteiger partial charge in [0.1, 0.15) is 0 Å². The average molecular weight is 265 g/mol. The fourth-order valence-corrected chi connectivity index (χ4v) is 1.86. The van der Waals surface area contributed by atoms with E-state index in [1.807, 2.05) is 25.1 Å². The first-order valence-corrected chi connectivity index (χ1v) is 6.39. The molecule has 0 aliphatic carbocycles. The number of halogens is 1. The topological polar surface area (TPSA) is 38.1 Å². The molecule has 0 radical (unpaired) electrons. The second-order valence-electron chi connectivity index (χ2n) is 4.59. The number of nitrogens with one attached hydrogen (secondary N) is 1. The number of benzene rings is 1. The van der Waals surface area contributed by atoms with Gasteiger partial charge in [0.15, 0.2) is 5.76 Å². The second kappa shape index (κ2) is 5.55. The van der Waals surface area contributed by atoms with Gasteiger partial charge < -0.3 is 9.73 Å². The van der Waals surface area contributed by atoms with Gasteiger partial charge in [0.2, 0.25) is 5.89 Å². The summed E-state index contributed by atoms with van der Waals surface area (Å²) in [5, 5.41) is 3.98. The molecule has 0 spiro atoms. The zero-order chi connectivity index (χ0) is 13.1. The molecule has 0 unspecified atom stereocenters. The molecule has 0 aliphatic rings. The Labute approximate surface area is 112 Å². The van der Waals surface area contributed by atoms with E-state index < -0.39 is 0 Å². The molecule has 0 saturated heterocycles. The summed E-state index contributed by atoms with van der Waals surface area (Å²) in [5.74, 6) is 1.39. The van der Waals surface area contributed by atoms with Gasteiger partial charge in [-0.3, -0.25) is 0 Å². The highest BCUT2D eigenvalue weighted by atomic mass is 35.5. The molecule has 1 heterocycles. The van der Waals surface area contributed by atoms with E-state index >= 15 is 0 Å². The van der Waals surface area contributed by atoms with Crippen LogP contribution in [0.3, 0.4) is 0 Å². The van der Waals surface area contributed by atoms with Gasteiger partial charge in [0.25, 0.3) is 0 Å². The van der Waals surface area contributed by atoms with Gasteiger partial charge in [0.05, 0.1) is 17.8 Å². The second-order valence-corrected chi connectivity index (χ2v) is 4.97. The molecule has 2 aromatic rings. The van der Waals surface area contributed by atoms with Crippen molar-refractivity contribution in [2.75, 3.05) is 0 Å². The summed E-state index contributed by atoms with van der Waals surface area (Å²) in [7, 11) is 0. The first-order chi connectivity index (χ1) is 8.58. The van der Waals surface area contributed by atoms with Crippen LogP contribution in [0.5, 0.6) is 0 Å². The summed E-state index contributed by atoms with van der Waals surface area (Å²) in [6, 6.07) is 6.28. The molecule has 1 N–H and O–H groups in total. The summed E-state index contributed by atoms with van der Waals surface area (Å²) in [6.45, 7) is 6.77. The minimum Gasteiger partial charge on any atom is -0.439 e. The number of hydrogen-bond acceptors (Lipinski definition) is 3. The Morgan fingerprint density at radius 1 is 1.39 bits per heavy atom. The quantitative estimate of drug-likeness (QED) is 0.913. The normalized spacial score (nSPS) is 11.2. The Morgan fingerprint density at radius 2 is 2.17 bits per heavy atom. The van der Waals surface area contributed by atoms with Crippen molar-refractivity contribution < 1.29 is 4.42 Å². The highest BCUT2D eigenvalue weighted by molar-refractivity contribution is 6.33. The number of hydrogen-bond donors (Lipinski definition) is 1. The lowest BCUT2D eigenvalue weighted by molar-refractivity contribution is 0.459. The Bertz CT molecular complexity index is 534. The Hall–Kier alpha value is -1.32. The fraction of sp³-hybridized carbons (Fsp3) is 0.357. The van der Waals surface area contributed by atoms with E-state index in [1.54, 1.807) is 6.20 Å². The molecule has 3 nitrogen and oxygen atoms in total. The lowest BCUT2D eigenvalue weighted by atomic mass is 10.1. The summed E-state index contributed by atoms with van der Waals surface area (Å²) in [4.78, 5) is 4.25. The Morgan fingerprint density at radius 3 is 2.89 bits per heavy atom. The predicted molar refractivity (Wildman–Crippen MR) is 73.7 cm³/mol. The zero-order valence-electron chi connectivity index (χ0n) is 10.8. The predicted octanol–water partition coefficient (Wildman–Crippen LogP) is 3.80. The highest BCUT2D eigenvalue weighted by Gasteiger charge is 2.11. The third kappa shape index (κ3) is 2.92. The molecular formula is C14H17ClN2O. The molecule has 0 bridgehead atoms. The van der Waals surface area contributed by atoms with Crippen molar-refractivity contribution in [1.82, 2.24) is 10.3 Å². The van der Waals surface area contributed by atoms with Crippen molar-refractivity contribution in [3.05, 3.63) is 40.9 Å². The number of oxazole rings is 1. The van der Waals surface area contributed by atoms with Crippen molar-refractivity contribution in [3.63, 3.8) is 0 Å². The Balaban J connectivity index is 2.21. The molecule has 0 saturated carbocycles. The molecule has 0 fully saturated rings. The van der Waals surface area contributed by atoms with Crippen molar-refractivity contribution >= 4 is 11.6 Å². The van der Waals surface area contributed by atoms with E-state index in [0.29, 0.717) is 24.2 Å². The molecule has 0 atom stereocenters. The largest absolute Gasteiger partial charge is 0.439 e. The van der Waals surface area contributed by atoms with Crippen LogP contribution in [0.25, 0.3) is 11.3 Å². The molecular weight excluding hydrogens is 248 g/mol. The number of aromatic nitrogens is 1. The van der Waals surface area contributed by atoms with Crippen LogP contribution in [0.4, 0.5) is 0 Å². The number of aryl methyl sites for hydroxylation is 1. The molecule has 0 aliphatic heterocycles. The zero-order valence-corrected chi connectivity index (χ0v) is 11.6.